The van der Waals surface area contributed by atoms with Crippen molar-refractivity contribution < 1.29 is 44.5 Å². The van der Waals surface area contributed by atoms with Crippen molar-refractivity contribution in [3.05, 3.63) is 23.5 Å². The molecule has 9 heteroatoms. The molecule has 5 N–H and O–H groups in total. The van der Waals surface area contributed by atoms with E-state index in [1.807, 2.05) is 13.0 Å². The molecular formula is C16H22O9. The maximum Gasteiger partial charge on any atom is 0.335 e. The zero-order valence-electron chi connectivity index (χ0n) is 13.6. The average molecular weight is 358 g/mol. The van der Waals surface area contributed by atoms with Crippen LogP contribution in [0.15, 0.2) is 23.5 Å². The highest BCUT2D eigenvalue weighted by atomic mass is 16.8. The van der Waals surface area contributed by atoms with Crippen molar-refractivity contribution in [2.24, 2.45) is 11.8 Å². The van der Waals surface area contributed by atoms with Gasteiger partial charge in [0, 0.05) is 11.8 Å². The minimum absolute atomic E-state index is 0.145. The summed E-state index contributed by atoms with van der Waals surface area (Å²) >= 11 is 0. The molecule has 0 aromatic rings. The van der Waals surface area contributed by atoms with Crippen molar-refractivity contribution in [2.45, 2.75) is 50.3 Å². The molecular weight excluding hydrogens is 336 g/mol. The quantitative estimate of drug-likeness (QED) is 0.387. The van der Waals surface area contributed by atoms with Crippen LogP contribution in [-0.2, 0) is 19.0 Å². The number of hydrogen-bond acceptors (Lipinski definition) is 8. The van der Waals surface area contributed by atoms with Crippen LogP contribution in [-0.4, -0.2) is 75.1 Å². The number of aliphatic hydroxyl groups is 4. The van der Waals surface area contributed by atoms with Crippen LogP contribution in [0, 0.1) is 11.8 Å². The standard InChI is InChI=1S/C16H22O9/c1-6-2-3-7-8(14(21)22)5-23-15(10(6)7)25-16-13(20)12(19)11(18)9(4-17)24-16/h2,5,7,9-13,15-20H,3-4H2,1H3,(H,21,22)/t7-,9+,10-,11+,12-,13+,15+,16-/m0/s1. The van der Waals surface area contributed by atoms with E-state index in [4.69, 9.17) is 14.2 Å². The molecule has 140 valence electrons. The molecule has 25 heavy (non-hydrogen) atoms. The minimum atomic E-state index is -1.55. The van der Waals surface area contributed by atoms with Gasteiger partial charge in [0.2, 0.25) is 6.29 Å². The van der Waals surface area contributed by atoms with E-state index in [0.717, 1.165) is 11.8 Å². The molecule has 0 radical (unpaired) electrons. The summed E-state index contributed by atoms with van der Waals surface area (Å²) in [4.78, 5) is 11.3. The SMILES string of the molecule is CC1=CC[C@H]2C(C(=O)O)=CO[C@H](O[C@@H]3O[C@H](CO)[C@@H](O)[C@H](O)[C@H]3O)[C@@H]12. The van der Waals surface area contributed by atoms with Gasteiger partial charge in [0.05, 0.1) is 18.4 Å². The lowest BCUT2D eigenvalue weighted by molar-refractivity contribution is -0.339. The molecule has 2 heterocycles. The van der Waals surface area contributed by atoms with Crippen LogP contribution in [0.1, 0.15) is 13.3 Å². The van der Waals surface area contributed by atoms with Gasteiger partial charge in [0.1, 0.15) is 24.4 Å². The number of aliphatic hydroxyl groups excluding tert-OH is 4. The number of hydrogen-bond donors (Lipinski definition) is 5. The van der Waals surface area contributed by atoms with Gasteiger partial charge < -0.3 is 39.7 Å². The molecule has 0 aromatic carbocycles. The number of carboxylic acids is 1. The lowest BCUT2D eigenvalue weighted by Crippen LogP contribution is -2.60. The van der Waals surface area contributed by atoms with Gasteiger partial charge in [-0.15, -0.1) is 0 Å². The first-order valence-electron chi connectivity index (χ1n) is 8.06. The van der Waals surface area contributed by atoms with Crippen molar-refractivity contribution in [3.8, 4) is 0 Å². The second-order valence-electron chi connectivity index (χ2n) is 6.53. The van der Waals surface area contributed by atoms with E-state index < -0.39 is 49.6 Å². The minimum Gasteiger partial charge on any atom is -0.478 e. The van der Waals surface area contributed by atoms with Gasteiger partial charge in [0.25, 0.3) is 0 Å². The van der Waals surface area contributed by atoms with E-state index in [0.29, 0.717) is 6.42 Å². The highest BCUT2D eigenvalue weighted by molar-refractivity contribution is 5.87. The van der Waals surface area contributed by atoms with Gasteiger partial charge in [-0.1, -0.05) is 11.6 Å². The van der Waals surface area contributed by atoms with E-state index in [9.17, 15) is 30.3 Å². The van der Waals surface area contributed by atoms with Crippen LogP contribution >= 0.6 is 0 Å². The van der Waals surface area contributed by atoms with Gasteiger partial charge in [-0.3, -0.25) is 0 Å². The van der Waals surface area contributed by atoms with Crippen LogP contribution in [0.3, 0.4) is 0 Å². The maximum absolute atomic E-state index is 11.3. The largest absolute Gasteiger partial charge is 0.478 e. The van der Waals surface area contributed by atoms with E-state index >= 15 is 0 Å². The van der Waals surface area contributed by atoms with Crippen molar-refractivity contribution >= 4 is 5.97 Å². The van der Waals surface area contributed by atoms with Crippen LogP contribution < -0.4 is 0 Å². The predicted molar refractivity (Wildman–Crippen MR) is 80.8 cm³/mol. The van der Waals surface area contributed by atoms with E-state index in [1.54, 1.807) is 0 Å². The fourth-order valence-electron chi connectivity index (χ4n) is 3.59. The summed E-state index contributed by atoms with van der Waals surface area (Å²) in [6.45, 7) is 1.27. The number of rotatable bonds is 4. The Morgan fingerprint density at radius 1 is 1.24 bits per heavy atom. The third-order valence-corrected chi connectivity index (χ3v) is 5.04. The van der Waals surface area contributed by atoms with E-state index in [1.165, 1.54) is 0 Å². The first-order chi connectivity index (χ1) is 11.8. The summed E-state index contributed by atoms with van der Waals surface area (Å²) in [7, 11) is 0. The highest BCUT2D eigenvalue weighted by Crippen LogP contribution is 2.44. The Bertz CT molecular complexity index is 584. The van der Waals surface area contributed by atoms with Gasteiger partial charge in [-0.05, 0) is 13.3 Å². The topological polar surface area (TPSA) is 146 Å². The third kappa shape index (κ3) is 3.19. The zero-order valence-corrected chi connectivity index (χ0v) is 13.6. The first kappa shape index (κ1) is 18.3. The average Bonchev–Trinajstić information content (AvgIpc) is 2.97. The Balaban J connectivity index is 1.78. The fourth-order valence-corrected chi connectivity index (χ4v) is 3.59. The lowest BCUT2D eigenvalue weighted by Gasteiger charge is -2.42. The maximum atomic E-state index is 11.3. The monoisotopic (exact) mass is 358 g/mol. The Morgan fingerprint density at radius 2 is 1.96 bits per heavy atom. The van der Waals surface area contributed by atoms with Gasteiger partial charge in [-0.2, -0.15) is 0 Å². The zero-order chi connectivity index (χ0) is 18.3. The van der Waals surface area contributed by atoms with Gasteiger partial charge in [-0.25, -0.2) is 4.79 Å². The Kier molecular flexibility index (Phi) is 5.14. The summed E-state index contributed by atoms with van der Waals surface area (Å²) in [5, 5.41) is 48.2. The molecule has 2 aliphatic heterocycles. The number of fused-ring (bicyclic) bond motifs is 1. The number of carbonyl (C=O) groups is 1. The molecule has 1 fully saturated rings. The van der Waals surface area contributed by atoms with Crippen LogP contribution in [0.2, 0.25) is 0 Å². The summed E-state index contributed by atoms with van der Waals surface area (Å²) in [6.07, 6.45) is -4.36. The smallest absolute Gasteiger partial charge is 0.335 e. The Labute approximate surface area is 143 Å². The van der Waals surface area contributed by atoms with E-state index in [-0.39, 0.29) is 17.4 Å². The van der Waals surface area contributed by atoms with Crippen molar-refractivity contribution in [2.75, 3.05) is 6.61 Å². The van der Waals surface area contributed by atoms with Crippen LogP contribution in [0.5, 0.6) is 0 Å². The Morgan fingerprint density at radius 3 is 2.60 bits per heavy atom. The van der Waals surface area contributed by atoms with Gasteiger partial charge >= 0.3 is 5.97 Å². The summed E-state index contributed by atoms with van der Waals surface area (Å²) in [5.74, 6) is -1.76. The van der Waals surface area contributed by atoms with E-state index in [2.05, 4.69) is 0 Å². The highest BCUT2D eigenvalue weighted by Gasteiger charge is 2.49. The van der Waals surface area contributed by atoms with Gasteiger partial charge in [0.15, 0.2) is 6.29 Å². The molecule has 0 saturated carbocycles. The second-order valence-corrected chi connectivity index (χ2v) is 6.53. The van der Waals surface area contributed by atoms with Crippen molar-refractivity contribution in [1.82, 2.24) is 0 Å². The molecule has 0 bridgehead atoms. The van der Waals surface area contributed by atoms with Crippen LogP contribution in [0.25, 0.3) is 0 Å². The molecule has 0 aromatic heterocycles. The number of allylic oxidation sites excluding steroid dienone is 1. The molecule has 0 amide bonds. The molecule has 3 rings (SSSR count). The molecule has 9 nitrogen and oxygen atoms in total. The molecule has 0 spiro atoms. The summed E-state index contributed by atoms with van der Waals surface area (Å²) < 4.78 is 16.4. The molecule has 8 atom stereocenters. The summed E-state index contributed by atoms with van der Waals surface area (Å²) in [6, 6.07) is 0. The normalized spacial score (nSPS) is 43.7. The van der Waals surface area contributed by atoms with Crippen molar-refractivity contribution in [3.63, 3.8) is 0 Å². The first-order valence-corrected chi connectivity index (χ1v) is 8.06. The summed E-state index contributed by atoms with van der Waals surface area (Å²) in [5.41, 5.74) is 1.04. The lowest BCUT2D eigenvalue weighted by atomic mass is 9.84. The number of aliphatic carboxylic acids is 1. The van der Waals surface area contributed by atoms with Crippen molar-refractivity contribution in [1.29, 1.82) is 0 Å². The number of ether oxygens (including phenoxy) is 3. The third-order valence-electron chi connectivity index (χ3n) is 5.04. The number of carboxylic acid groups (broad SMARTS) is 1. The molecule has 3 aliphatic rings. The van der Waals surface area contributed by atoms with Crippen LogP contribution in [0.4, 0.5) is 0 Å². The molecule has 1 saturated heterocycles. The predicted octanol–water partition coefficient (Wildman–Crippen LogP) is -1.29. The fraction of sp³-hybridized carbons (Fsp3) is 0.688. The molecule has 1 aliphatic carbocycles. The Hall–Kier alpha value is -1.49. The molecule has 0 unspecified atom stereocenters. The second kappa shape index (κ2) is 7.02.